The summed E-state index contributed by atoms with van der Waals surface area (Å²) in [4.78, 5) is 28.9. The van der Waals surface area contributed by atoms with Gasteiger partial charge in [0.15, 0.2) is 0 Å². The van der Waals surface area contributed by atoms with Crippen LogP contribution in [-0.2, 0) is 11.2 Å². The van der Waals surface area contributed by atoms with Crippen molar-refractivity contribution in [3.63, 3.8) is 0 Å². The van der Waals surface area contributed by atoms with E-state index in [1.54, 1.807) is 35.6 Å². The maximum atomic E-state index is 13.1. The fourth-order valence-electron chi connectivity index (χ4n) is 3.67. The lowest BCUT2D eigenvalue weighted by Crippen LogP contribution is -2.39. The highest BCUT2D eigenvalue weighted by atomic mass is 32.1. The van der Waals surface area contributed by atoms with Crippen LogP contribution in [0.3, 0.4) is 0 Å². The smallest absolute Gasteiger partial charge is 0.257 e. The number of nitrogens with one attached hydrogen (secondary N) is 2. The number of carbonyl (C=O) groups excluding carboxylic acids is 2. The maximum Gasteiger partial charge on any atom is 0.257 e. The van der Waals surface area contributed by atoms with Crippen molar-refractivity contribution in [2.24, 2.45) is 0 Å². The molecule has 2 heterocycles. The lowest BCUT2D eigenvalue weighted by atomic mass is 10.0. The Bertz CT molecular complexity index is 1060. The number of hydrogen-bond donors (Lipinski definition) is 2. The van der Waals surface area contributed by atoms with E-state index in [4.69, 9.17) is 0 Å². The van der Waals surface area contributed by atoms with Gasteiger partial charge in [-0.25, -0.2) is 4.39 Å². The molecule has 0 radical (unpaired) electrons. The molecule has 1 aliphatic heterocycles. The van der Waals surface area contributed by atoms with Crippen LogP contribution in [0.2, 0.25) is 0 Å². The number of anilines is 2. The van der Waals surface area contributed by atoms with Gasteiger partial charge >= 0.3 is 0 Å². The highest BCUT2D eigenvalue weighted by Gasteiger charge is 2.26. The highest BCUT2D eigenvalue weighted by Crippen LogP contribution is 2.32. The van der Waals surface area contributed by atoms with E-state index in [1.165, 1.54) is 34.7 Å². The quantitative estimate of drug-likeness (QED) is 0.626. The van der Waals surface area contributed by atoms with Gasteiger partial charge in [0.25, 0.3) is 5.91 Å². The largest absolute Gasteiger partial charge is 0.324 e. The average molecular weight is 424 g/mol. The van der Waals surface area contributed by atoms with Crippen LogP contribution in [0.15, 0.2) is 60.0 Å². The van der Waals surface area contributed by atoms with Crippen molar-refractivity contribution in [2.75, 3.05) is 23.7 Å². The number of fused-ring (bicyclic) bond motifs is 1. The van der Waals surface area contributed by atoms with Gasteiger partial charge in [-0.1, -0.05) is 12.1 Å². The lowest BCUT2D eigenvalue weighted by molar-refractivity contribution is -0.117. The molecule has 1 atom stereocenters. The Morgan fingerprint density at radius 3 is 2.67 bits per heavy atom. The van der Waals surface area contributed by atoms with E-state index in [1.807, 2.05) is 0 Å². The summed E-state index contributed by atoms with van der Waals surface area (Å²) in [6.07, 6.45) is 0.946. The van der Waals surface area contributed by atoms with Crippen LogP contribution in [-0.4, -0.2) is 29.8 Å². The fraction of sp³-hybridized carbons (Fsp3) is 0.217. The molecule has 0 aliphatic carbocycles. The first-order valence-electron chi connectivity index (χ1n) is 9.77. The summed E-state index contributed by atoms with van der Waals surface area (Å²) in [7, 11) is 0. The molecule has 154 valence electrons. The van der Waals surface area contributed by atoms with Gasteiger partial charge in [0, 0.05) is 23.2 Å². The number of benzene rings is 2. The molecule has 1 aliphatic rings. The summed E-state index contributed by atoms with van der Waals surface area (Å²) in [5, 5.41) is 7.70. The Morgan fingerprint density at radius 1 is 1.10 bits per heavy atom. The van der Waals surface area contributed by atoms with E-state index in [2.05, 4.69) is 33.9 Å². The van der Waals surface area contributed by atoms with Crippen molar-refractivity contribution < 1.29 is 14.0 Å². The van der Waals surface area contributed by atoms with Crippen molar-refractivity contribution in [1.29, 1.82) is 0 Å². The second-order valence-electron chi connectivity index (χ2n) is 7.25. The van der Waals surface area contributed by atoms with E-state index in [0.29, 0.717) is 16.9 Å². The number of halogens is 1. The Balaban J connectivity index is 1.43. The van der Waals surface area contributed by atoms with Gasteiger partial charge in [-0.3, -0.25) is 14.5 Å². The van der Waals surface area contributed by atoms with Crippen LogP contribution in [0.1, 0.15) is 33.8 Å². The van der Waals surface area contributed by atoms with Gasteiger partial charge in [-0.2, -0.15) is 0 Å². The maximum absolute atomic E-state index is 13.1. The number of para-hydroxylation sites is 1. The molecule has 0 fully saturated rings. The SMILES string of the molecule is CC1c2ccsc2CCN1CC(=O)Nc1ccccc1C(=O)Nc1ccc(F)cc1. The van der Waals surface area contributed by atoms with Gasteiger partial charge < -0.3 is 10.6 Å². The van der Waals surface area contributed by atoms with Crippen LogP contribution in [0.4, 0.5) is 15.8 Å². The number of hydrogen-bond acceptors (Lipinski definition) is 4. The Morgan fingerprint density at radius 2 is 1.87 bits per heavy atom. The minimum Gasteiger partial charge on any atom is -0.324 e. The Kier molecular flexibility index (Phi) is 5.92. The molecule has 0 bridgehead atoms. The zero-order valence-electron chi connectivity index (χ0n) is 16.5. The van der Waals surface area contributed by atoms with Gasteiger partial charge in [0.2, 0.25) is 5.91 Å². The van der Waals surface area contributed by atoms with E-state index in [9.17, 15) is 14.0 Å². The van der Waals surface area contributed by atoms with Crippen LogP contribution < -0.4 is 10.6 Å². The van der Waals surface area contributed by atoms with Crippen LogP contribution in [0.25, 0.3) is 0 Å². The summed E-state index contributed by atoms with van der Waals surface area (Å²) >= 11 is 1.77. The number of carbonyl (C=O) groups is 2. The van der Waals surface area contributed by atoms with Gasteiger partial charge in [-0.05, 0) is 66.8 Å². The standard InChI is InChI=1S/C23H22FN3O2S/c1-15-18-11-13-30-21(18)10-12-27(15)14-22(28)26-20-5-3-2-4-19(20)23(29)25-17-8-6-16(24)7-9-17/h2-9,11,13,15H,10,12,14H2,1H3,(H,25,29)(H,26,28). The molecular formula is C23H22FN3O2S. The molecule has 1 unspecified atom stereocenters. The molecule has 2 aromatic carbocycles. The third-order valence-electron chi connectivity index (χ3n) is 5.30. The highest BCUT2D eigenvalue weighted by molar-refractivity contribution is 7.10. The predicted octanol–water partition coefficient (Wildman–Crippen LogP) is 4.70. The molecule has 0 saturated heterocycles. The molecule has 30 heavy (non-hydrogen) atoms. The molecule has 0 spiro atoms. The zero-order valence-corrected chi connectivity index (χ0v) is 17.3. The normalized spacial score (nSPS) is 16.0. The Labute approximate surface area is 178 Å². The van der Waals surface area contributed by atoms with Crippen LogP contribution in [0.5, 0.6) is 0 Å². The molecule has 4 rings (SSSR count). The minimum atomic E-state index is -0.373. The van der Waals surface area contributed by atoms with E-state index >= 15 is 0 Å². The monoisotopic (exact) mass is 423 g/mol. The number of nitrogens with zero attached hydrogens (tertiary/aromatic N) is 1. The van der Waals surface area contributed by atoms with Gasteiger partial charge in [0.1, 0.15) is 5.82 Å². The second-order valence-corrected chi connectivity index (χ2v) is 8.25. The first-order valence-corrected chi connectivity index (χ1v) is 10.7. The molecule has 5 nitrogen and oxygen atoms in total. The third-order valence-corrected chi connectivity index (χ3v) is 6.29. The summed E-state index contributed by atoms with van der Waals surface area (Å²) in [5.41, 5.74) is 2.57. The molecule has 7 heteroatoms. The lowest BCUT2D eigenvalue weighted by Gasteiger charge is -2.33. The Hall–Kier alpha value is -3.03. The topological polar surface area (TPSA) is 61.4 Å². The summed E-state index contributed by atoms with van der Waals surface area (Å²) in [6, 6.07) is 14.7. The first-order chi connectivity index (χ1) is 14.5. The molecule has 3 aromatic rings. The molecule has 1 aromatic heterocycles. The molecule has 2 N–H and O–H groups in total. The van der Waals surface area contributed by atoms with Crippen molar-refractivity contribution in [3.05, 3.63) is 81.8 Å². The fourth-order valence-corrected chi connectivity index (χ4v) is 4.64. The van der Waals surface area contributed by atoms with E-state index in [0.717, 1.165) is 13.0 Å². The number of rotatable bonds is 5. The van der Waals surface area contributed by atoms with Crippen molar-refractivity contribution in [2.45, 2.75) is 19.4 Å². The average Bonchev–Trinajstić information content (AvgIpc) is 3.22. The summed E-state index contributed by atoms with van der Waals surface area (Å²) in [5.74, 6) is -0.906. The molecular weight excluding hydrogens is 401 g/mol. The molecule has 0 saturated carbocycles. The van der Waals surface area contributed by atoms with E-state index < -0.39 is 0 Å². The second kappa shape index (κ2) is 8.77. The molecule has 2 amide bonds. The summed E-state index contributed by atoms with van der Waals surface area (Å²) in [6.45, 7) is 3.20. The third kappa shape index (κ3) is 4.42. The van der Waals surface area contributed by atoms with Crippen molar-refractivity contribution in [1.82, 2.24) is 4.90 Å². The van der Waals surface area contributed by atoms with Crippen LogP contribution >= 0.6 is 11.3 Å². The zero-order chi connectivity index (χ0) is 21.1. The minimum absolute atomic E-state index is 0.164. The number of thiophene rings is 1. The number of amides is 2. The van der Waals surface area contributed by atoms with Crippen molar-refractivity contribution >= 4 is 34.5 Å². The summed E-state index contributed by atoms with van der Waals surface area (Å²) < 4.78 is 13.1. The van der Waals surface area contributed by atoms with Gasteiger partial charge in [-0.15, -0.1) is 11.3 Å². The van der Waals surface area contributed by atoms with Gasteiger partial charge in [0.05, 0.1) is 17.8 Å². The first kappa shape index (κ1) is 20.3. The van der Waals surface area contributed by atoms with Crippen molar-refractivity contribution in [3.8, 4) is 0 Å². The predicted molar refractivity (Wildman–Crippen MR) is 117 cm³/mol. The van der Waals surface area contributed by atoms with E-state index in [-0.39, 0.29) is 30.2 Å². The van der Waals surface area contributed by atoms with Crippen LogP contribution in [0, 0.1) is 5.82 Å².